The number of alkyl halides is 3. The molecule has 1 aromatic heterocycles. The highest BCUT2D eigenvalue weighted by Gasteiger charge is 2.37. The third-order valence-electron chi connectivity index (χ3n) is 4.84. The third-order valence-corrected chi connectivity index (χ3v) is 4.84. The molecule has 0 aliphatic heterocycles. The van der Waals surface area contributed by atoms with Crippen molar-refractivity contribution in [1.29, 1.82) is 0 Å². The highest BCUT2D eigenvalue weighted by atomic mass is 19.4. The first-order valence-corrected chi connectivity index (χ1v) is 10.0. The predicted molar refractivity (Wildman–Crippen MR) is 118 cm³/mol. The minimum atomic E-state index is -4.61. The lowest BCUT2D eigenvalue weighted by Gasteiger charge is -2.25. The van der Waals surface area contributed by atoms with E-state index >= 15 is 0 Å². The fourth-order valence-electron chi connectivity index (χ4n) is 3.01. The number of anilines is 4. The summed E-state index contributed by atoms with van der Waals surface area (Å²) in [6.45, 7) is 2.57. The summed E-state index contributed by atoms with van der Waals surface area (Å²) >= 11 is 0. The van der Waals surface area contributed by atoms with Crippen molar-refractivity contribution in [1.82, 2.24) is 9.97 Å². The van der Waals surface area contributed by atoms with Gasteiger partial charge in [0.15, 0.2) is 5.82 Å². The predicted octanol–water partition coefficient (Wildman–Crippen LogP) is 5.83. The van der Waals surface area contributed by atoms with Gasteiger partial charge in [0.1, 0.15) is 17.1 Å². The smallest absolute Gasteiger partial charge is 0.421 e. The summed E-state index contributed by atoms with van der Waals surface area (Å²) in [5.41, 5.74) is 0.325. The van der Waals surface area contributed by atoms with Gasteiger partial charge in [-0.15, -0.1) is 0 Å². The molecule has 6 nitrogen and oxygen atoms in total. The Bertz CT molecular complexity index is 1020. The van der Waals surface area contributed by atoms with Crippen LogP contribution in [0.25, 0.3) is 0 Å². The molecule has 9 heteroatoms. The van der Waals surface area contributed by atoms with Crippen molar-refractivity contribution in [3.05, 3.63) is 60.3 Å². The largest absolute Gasteiger partial charge is 0.497 e. The molecule has 0 amide bonds. The molecule has 0 atom stereocenters. The first-order chi connectivity index (χ1) is 15.2. The Morgan fingerprint density at radius 1 is 0.875 bits per heavy atom. The van der Waals surface area contributed by atoms with Crippen LogP contribution in [-0.4, -0.2) is 37.8 Å². The molecule has 1 heterocycles. The molecule has 0 bridgehead atoms. The molecule has 0 saturated heterocycles. The van der Waals surface area contributed by atoms with E-state index < -0.39 is 11.7 Å². The fourth-order valence-corrected chi connectivity index (χ4v) is 3.01. The Morgan fingerprint density at radius 2 is 1.44 bits per heavy atom. The van der Waals surface area contributed by atoms with Gasteiger partial charge in [-0.3, -0.25) is 0 Å². The summed E-state index contributed by atoms with van der Waals surface area (Å²) in [6, 6.07) is 13.9. The van der Waals surface area contributed by atoms with E-state index in [1.54, 1.807) is 67.6 Å². The molecular formula is C23H25F3N4O2. The summed E-state index contributed by atoms with van der Waals surface area (Å²) in [7, 11) is 4.78. The summed E-state index contributed by atoms with van der Waals surface area (Å²) in [5, 5.41) is 0. The van der Waals surface area contributed by atoms with E-state index in [1.165, 1.54) is 11.9 Å². The topological polar surface area (TPSA) is 50.7 Å². The standard InChI is InChI=1S/C23H25F3N4O2/c1-5-14-32-19-12-8-16(9-13-19)29(2)21-20(23(24,25)26)15-27-22(28-21)30(3)17-6-10-18(31-4)11-7-17/h6-13,15H,5,14H2,1-4H3. The van der Waals surface area contributed by atoms with Gasteiger partial charge in [-0.05, 0) is 55.0 Å². The van der Waals surface area contributed by atoms with Crippen LogP contribution in [0.1, 0.15) is 18.9 Å². The fraction of sp³-hybridized carbons (Fsp3) is 0.304. The number of halogens is 3. The Balaban J connectivity index is 1.96. The van der Waals surface area contributed by atoms with Crippen LogP contribution >= 0.6 is 0 Å². The van der Waals surface area contributed by atoms with Crippen molar-refractivity contribution in [3.63, 3.8) is 0 Å². The van der Waals surface area contributed by atoms with Crippen LogP contribution in [0.5, 0.6) is 11.5 Å². The number of nitrogens with zero attached hydrogens (tertiary/aromatic N) is 4. The maximum Gasteiger partial charge on any atom is 0.421 e. The van der Waals surface area contributed by atoms with E-state index in [2.05, 4.69) is 9.97 Å². The van der Waals surface area contributed by atoms with E-state index in [1.807, 2.05) is 6.92 Å². The van der Waals surface area contributed by atoms with Crippen molar-refractivity contribution < 1.29 is 22.6 Å². The molecule has 0 fully saturated rings. The van der Waals surface area contributed by atoms with Gasteiger partial charge >= 0.3 is 6.18 Å². The van der Waals surface area contributed by atoms with E-state index in [0.717, 1.165) is 12.6 Å². The zero-order valence-corrected chi connectivity index (χ0v) is 18.3. The van der Waals surface area contributed by atoms with Crippen molar-refractivity contribution in [3.8, 4) is 11.5 Å². The second-order valence-electron chi connectivity index (χ2n) is 7.06. The third kappa shape index (κ3) is 5.22. The first kappa shape index (κ1) is 23.2. The van der Waals surface area contributed by atoms with Gasteiger partial charge in [0.05, 0.1) is 13.7 Å². The normalized spacial score (nSPS) is 11.2. The van der Waals surface area contributed by atoms with Crippen molar-refractivity contribution in [2.75, 3.05) is 37.6 Å². The molecule has 0 radical (unpaired) electrons. The summed E-state index contributed by atoms with van der Waals surface area (Å²) in [6.07, 6.45) is -2.93. The molecule has 0 aliphatic carbocycles. The minimum Gasteiger partial charge on any atom is -0.497 e. The van der Waals surface area contributed by atoms with Gasteiger partial charge in [-0.1, -0.05) is 6.92 Å². The SMILES string of the molecule is CCCOc1ccc(N(C)c2nc(N(C)c3ccc(OC)cc3)ncc2C(F)(F)F)cc1. The summed E-state index contributed by atoms with van der Waals surface area (Å²) in [5.74, 6) is 1.21. The van der Waals surface area contributed by atoms with Crippen LogP contribution in [0, 0.1) is 0 Å². The molecule has 0 spiro atoms. The van der Waals surface area contributed by atoms with Crippen molar-refractivity contribution in [2.45, 2.75) is 19.5 Å². The zero-order chi connectivity index (χ0) is 23.3. The molecule has 2 aromatic carbocycles. The van der Waals surface area contributed by atoms with E-state index in [-0.39, 0.29) is 11.8 Å². The zero-order valence-electron chi connectivity index (χ0n) is 18.3. The highest BCUT2D eigenvalue weighted by molar-refractivity contribution is 5.66. The molecule has 0 N–H and O–H groups in total. The van der Waals surface area contributed by atoms with Crippen LogP contribution < -0.4 is 19.3 Å². The van der Waals surface area contributed by atoms with Gasteiger partial charge in [0.2, 0.25) is 5.95 Å². The number of methoxy groups -OCH3 is 1. The van der Waals surface area contributed by atoms with Gasteiger partial charge in [0.25, 0.3) is 0 Å². The average Bonchev–Trinajstić information content (AvgIpc) is 2.81. The van der Waals surface area contributed by atoms with Gasteiger partial charge in [0, 0.05) is 31.7 Å². The van der Waals surface area contributed by atoms with E-state index in [9.17, 15) is 13.2 Å². The number of ether oxygens (including phenoxy) is 2. The Labute approximate surface area is 185 Å². The molecule has 0 saturated carbocycles. The highest BCUT2D eigenvalue weighted by Crippen LogP contribution is 2.38. The number of hydrogen-bond donors (Lipinski definition) is 0. The molecule has 3 aromatic rings. The average molecular weight is 446 g/mol. The second kappa shape index (κ2) is 9.76. The lowest BCUT2D eigenvalue weighted by Crippen LogP contribution is -2.21. The maximum absolute atomic E-state index is 13.7. The molecule has 0 unspecified atom stereocenters. The Morgan fingerprint density at radius 3 is 1.97 bits per heavy atom. The molecular weight excluding hydrogens is 421 g/mol. The molecule has 0 aliphatic rings. The molecule has 3 rings (SSSR count). The molecule has 32 heavy (non-hydrogen) atoms. The van der Waals surface area contributed by atoms with Crippen LogP contribution in [0.2, 0.25) is 0 Å². The first-order valence-electron chi connectivity index (χ1n) is 10.0. The molecule has 170 valence electrons. The maximum atomic E-state index is 13.7. The number of aromatic nitrogens is 2. The lowest BCUT2D eigenvalue weighted by molar-refractivity contribution is -0.137. The quantitative estimate of drug-likeness (QED) is 0.434. The second-order valence-corrected chi connectivity index (χ2v) is 7.06. The lowest BCUT2D eigenvalue weighted by atomic mass is 10.2. The number of rotatable bonds is 8. The van der Waals surface area contributed by atoms with Crippen LogP contribution in [-0.2, 0) is 6.18 Å². The van der Waals surface area contributed by atoms with Crippen LogP contribution in [0.4, 0.5) is 36.3 Å². The summed E-state index contributed by atoms with van der Waals surface area (Å²) in [4.78, 5) is 11.2. The number of hydrogen-bond acceptors (Lipinski definition) is 6. The van der Waals surface area contributed by atoms with Crippen molar-refractivity contribution in [2.24, 2.45) is 0 Å². The monoisotopic (exact) mass is 446 g/mol. The van der Waals surface area contributed by atoms with Crippen LogP contribution in [0.15, 0.2) is 54.7 Å². The van der Waals surface area contributed by atoms with Gasteiger partial charge < -0.3 is 19.3 Å². The Kier molecular flexibility index (Phi) is 7.07. The summed E-state index contributed by atoms with van der Waals surface area (Å²) < 4.78 is 51.8. The minimum absolute atomic E-state index is 0.132. The van der Waals surface area contributed by atoms with Gasteiger partial charge in [-0.2, -0.15) is 18.2 Å². The van der Waals surface area contributed by atoms with Crippen LogP contribution in [0.3, 0.4) is 0 Å². The number of benzene rings is 2. The van der Waals surface area contributed by atoms with E-state index in [4.69, 9.17) is 9.47 Å². The van der Waals surface area contributed by atoms with E-state index in [0.29, 0.717) is 29.5 Å². The Hall–Kier alpha value is -3.49. The van der Waals surface area contributed by atoms with Gasteiger partial charge in [-0.25, -0.2) is 4.98 Å². The van der Waals surface area contributed by atoms with Crippen molar-refractivity contribution >= 4 is 23.1 Å².